The second kappa shape index (κ2) is 9.39. The lowest BCUT2D eigenvalue weighted by molar-refractivity contribution is -0.136. The van der Waals surface area contributed by atoms with E-state index in [1.54, 1.807) is 31.3 Å². The minimum absolute atomic E-state index is 0.0438. The summed E-state index contributed by atoms with van der Waals surface area (Å²) in [6.07, 6.45) is -3.99. The number of methoxy groups -OCH3 is 2. The third-order valence-corrected chi connectivity index (χ3v) is 4.95. The molecular weight excluding hydrogens is 441 g/mol. The van der Waals surface area contributed by atoms with Crippen molar-refractivity contribution in [2.45, 2.75) is 25.6 Å². The van der Waals surface area contributed by atoms with Gasteiger partial charge in [0, 0.05) is 24.0 Å². The Hall–Kier alpha value is -3.76. The molecule has 8 nitrogen and oxygen atoms in total. The molecule has 2 heterocycles. The summed E-state index contributed by atoms with van der Waals surface area (Å²) < 4.78 is 49.5. The van der Waals surface area contributed by atoms with Crippen LogP contribution in [0.1, 0.15) is 34.2 Å². The first-order valence-corrected chi connectivity index (χ1v) is 9.89. The van der Waals surface area contributed by atoms with E-state index in [0.717, 1.165) is 0 Å². The standard InChI is InChI=1S/C22H23F3N4O4/c1-12(10-22(23,24)25)27-14-9-16-17(18(21(31)33-4)29(2)19(16)26-11-14)28-20(30)13-5-7-15(32-3)8-6-13/h5-9,11-12,27H,10H2,1-4H3,(H,28,30). The van der Waals surface area contributed by atoms with Crippen LogP contribution < -0.4 is 15.4 Å². The van der Waals surface area contributed by atoms with Gasteiger partial charge in [0.25, 0.3) is 5.91 Å². The smallest absolute Gasteiger partial charge is 0.391 e. The predicted molar refractivity (Wildman–Crippen MR) is 117 cm³/mol. The van der Waals surface area contributed by atoms with Crippen molar-refractivity contribution >= 4 is 34.3 Å². The van der Waals surface area contributed by atoms with Crippen molar-refractivity contribution in [1.29, 1.82) is 0 Å². The van der Waals surface area contributed by atoms with Gasteiger partial charge in [-0.25, -0.2) is 9.78 Å². The van der Waals surface area contributed by atoms with Gasteiger partial charge in [-0.2, -0.15) is 13.2 Å². The van der Waals surface area contributed by atoms with E-state index in [2.05, 4.69) is 15.6 Å². The lowest BCUT2D eigenvalue weighted by Crippen LogP contribution is -2.23. The minimum atomic E-state index is -4.33. The number of carbonyl (C=O) groups excluding carboxylic acids is 2. The van der Waals surface area contributed by atoms with E-state index in [9.17, 15) is 22.8 Å². The van der Waals surface area contributed by atoms with Gasteiger partial charge in [-0.3, -0.25) is 4.79 Å². The van der Waals surface area contributed by atoms with Gasteiger partial charge in [-0.15, -0.1) is 0 Å². The molecule has 0 aliphatic heterocycles. The number of esters is 1. The van der Waals surface area contributed by atoms with Gasteiger partial charge >= 0.3 is 12.1 Å². The summed E-state index contributed by atoms with van der Waals surface area (Å²) in [5.41, 5.74) is 1.14. The lowest BCUT2D eigenvalue weighted by atomic mass is 10.1. The van der Waals surface area contributed by atoms with Gasteiger partial charge in [0.1, 0.15) is 11.4 Å². The zero-order chi connectivity index (χ0) is 24.3. The van der Waals surface area contributed by atoms with Crippen molar-refractivity contribution in [3.05, 3.63) is 47.8 Å². The Bertz CT molecular complexity index is 1170. The molecule has 1 atom stereocenters. The lowest BCUT2D eigenvalue weighted by Gasteiger charge is -2.17. The number of carbonyl (C=O) groups is 2. The number of fused-ring (bicyclic) bond motifs is 1. The highest BCUT2D eigenvalue weighted by atomic mass is 19.4. The molecule has 2 N–H and O–H groups in total. The van der Waals surface area contributed by atoms with Gasteiger partial charge in [0.05, 0.1) is 38.2 Å². The number of alkyl halides is 3. The van der Waals surface area contributed by atoms with Crippen LogP contribution in [0.25, 0.3) is 11.0 Å². The second-order valence-corrected chi connectivity index (χ2v) is 7.42. The van der Waals surface area contributed by atoms with Gasteiger partial charge in [-0.05, 0) is 37.3 Å². The number of aryl methyl sites for hydroxylation is 1. The second-order valence-electron chi connectivity index (χ2n) is 7.42. The molecule has 33 heavy (non-hydrogen) atoms. The van der Waals surface area contributed by atoms with Crippen LogP contribution >= 0.6 is 0 Å². The van der Waals surface area contributed by atoms with Crippen LogP contribution in [0.5, 0.6) is 5.75 Å². The van der Waals surface area contributed by atoms with Crippen molar-refractivity contribution in [1.82, 2.24) is 9.55 Å². The number of halogens is 3. The average Bonchev–Trinajstić information content (AvgIpc) is 3.02. The SMILES string of the molecule is COC(=O)c1c(NC(=O)c2ccc(OC)cc2)c2cc(NC(C)CC(F)(F)F)cnc2n1C. The molecule has 0 radical (unpaired) electrons. The average molecular weight is 464 g/mol. The molecule has 176 valence electrons. The molecule has 0 fully saturated rings. The summed E-state index contributed by atoms with van der Waals surface area (Å²) in [6.45, 7) is 1.40. The fraction of sp³-hybridized carbons (Fsp3) is 0.318. The molecule has 1 unspecified atom stereocenters. The fourth-order valence-corrected chi connectivity index (χ4v) is 3.46. The number of pyridine rings is 1. The third kappa shape index (κ3) is 5.36. The van der Waals surface area contributed by atoms with Crippen LogP contribution in [0.4, 0.5) is 24.5 Å². The number of rotatable bonds is 7. The molecule has 0 bridgehead atoms. The number of ether oxygens (including phenoxy) is 2. The van der Waals surface area contributed by atoms with E-state index in [-0.39, 0.29) is 11.4 Å². The summed E-state index contributed by atoms with van der Waals surface area (Å²) >= 11 is 0. The number of anilines is 2. The van der Waals surface area contributed by atoms with E-state index >= 15 is 0 Å². The zero-order valence-electron chi connectivity index (χ0n) is 18.4. The molecule has 0 saturated heterocycles. The number of hydrogen-bond donors (Lipinski definition) is 2. The molecule has 0 saturated carbocycles. The van der Waals surface area contributed by atoms with Crippen molar-refractivity contribution in [3.8, 4) is 5.75 Å². The first-order chi connectivity index (χ1) is 15.5. The van der Waals surface area contributed by atoms with E-state index < -0.39 is 30.5 Å². The molecule has 0 aliphatic rings. The van der Waals surface area contributed by atoms with Crippen LogP contribution in [0.15, 0.2) is 36.5 Å². The maximum Gasteiger partial charge on any atom is 0.391 e. The van der Waals surface area contributed by atoms with E-state index in [0.29, 0.717) is 28.0 Å². The van der Waals surface area contributed by atoms with Gasteiger partial charge in [0.2, 0.25) is 0 Å². The third-order valence-electron chi connectivity index (χ3n) is 4.95. The molecule has 11 heteroatoms. The monoisotopic (exact) mass is 464 g/mol. The highest BCUT2D eigenvalue weighted by Gasteiger charge is 2.30. The summed E-state index contributed by atoms with van der Waals surface area (Å²) in [6, 6.07) is 6.97. The van der Waals surface area contributed by atoms with Gasteiger partial charge in [0.15, 0.2) is 5.69 Å². The van der Waals surface area contributed by atoms with Crippen LogP contribution in [0, 0.1) is 0 Å². The summed E-state index contributed by atoms with van der Waals surface area (Å²) in [5.74, 6) is -0.639. The maximum absolute atomic E-state index is 12.9. The Morgan fingerprint density at radius 3 is 2.42 bits per heavy atom. The van der Waals surface area contributed by atoms with Gasteiger partial charge < -0.3 is 24.7 Å². The van der Waals surface area contributed by atoms with Crippen LogP contribution in [-0.2, 0) is 11.8 Å². The van der Waals surface area contributed by atoms with Crippen molar-refractivity contribution in [3.63, 3.8) is 0 Å². The quantitative estimate of drug-likeness (QED) is 0.504. The molecule has 3 aromatic rings. The number of hydrogen-bond acceptors (Lipinski definition) is 6. The number of nitrogens with zero attached hydrogens (tertiary/aromatic N) is 2. The Labute approximate surface area is 187 Å². The van der Waals surface area contributed by atoms with E-state index in [1.807, 2.05) is 0 Å². The number of amides is 1. The molecule has 1 aromatic carbocycles. The van der Waals surface area contributed by atoms with Crippen molar-refractivity contribution in [2.75, 3.05) is 24.9 Å². The maximum atomic E-state index is 12.9. The molecule has 2 aromatic heterocycles. The van der Waals surface area contributed by atoms with Gasteiger partial charge in [-0.1, -0.05) is 0 Å². The minimum Gasteiger partial charge on any atom is -0.497 e. The highest BCUT2D eigenvalue weighted by Crippen LogP contribution is 2.33. The molecule has 0 spiro atoms. The number of benzene rings is 1. The number of nitrogens with one attached hydrogen (secondary N) is 2. The number of aromatic nitrogens is 2. The summed E-state index contributed by atoms with van der Waals surface area (Å²) in [4.78, 5) is 29.6. The first-order valence-electron chi connectivity index (χ1n) is 9.89. The summed E-state index contributed by atoms with van der Waals surface area (Å²) in [7, 11) is 4.28. The predicted octanol–water partition coefficient (Wildman–Crippen LogP) is 4.37. The first kappa shape index (κ1) is 23.9. The van der Waals surface area contributed by atoms with Crippen molar-refractivity contribution < 1.29 is 32.2 Å². The Kier molecular flexibility index (Phi) is 6.80. The zero-order valence-corrected chi connectivity index (χ0v) is 18.4. The Morgan fingerprint density at radius 1 is 1.18 bits per heavy atom. The van der Waals surface area contributed by atoms with Crippen LogP contribution in [0.2, 0.25) is 0 Å². The molecule has 3 rings (SSSR count). The Balaban J connectivity index is 2.02. The van der Waals surface area contributed by atoms with E-state index in [4.69, 9.17) is 9.47 Å². The van der Waals surface area contributed by atoms with Crippen LogP contribution in [-0.4, -0.2) is 47.9 Å². The fourth-order valence-electron chi connectivity index (χ4n) is 3.46. The molecule has 0 aliphatic carbocycles. The summed E-state index contributed by atoms with van der Waals surface area (Å²) in [5, 5.41) is 5.83. The Morgan fingerprint density at radius 2 is 1.85 bits per heavy atom. The molecular formula is C22H23F3N4O4. The topological polar surface area (TPSA) is 94.5 Å². The molecule has 1 amide bonds. The van der Waals surface area contributed by atoms with E-state index in [1.165, 1.54) is 38.0 Å². The van der Waals surface area contributed by atoms with Crippen LogP contribution in [0.3, 0.4) is 0 Å². The normalized spacial score (nSPS) is 12.3. The van der Waals surface area contributed by atoms with Crippen molar-refractivity contribution in [2.24, 2.45) is 7.05 Å². The highest BCUT2D eigenvalue weighted by molar-refractivity contribution is 6.14. The largest absolute Gasteiger partial charge is 0.497 e.